The Morgan fingerprint density at radius 3 is 2.58 bits per heavy atom. The molecule has 5 nitrogen and oxygen atoms in total. The minimum absolute atomic E-state index is 0.0631. The summed E-state index contributed by atoms with van der Waals surface area (Å²) in [5.74, 6) is -0.658. The van der Waals surface area contributed by atoms with Crippen molar-refractivity contribution in [3.8, 4) is 0 Å². The van der Waals surface area contributed by atoms with Crippen molar-refractivity contribution in [2.24, 2.45) is 10.8 Å². The van der Waals surface area contributed by atoms with Crippen LogP contribution in [0.25, 0.3) is 0 Å². The molecule has 26 heavy (non-hydrogen) atoms. The Kier molecular flexibility index (Phi) is 4.34. The van der Waals surface area contributed by atoms with E-state index in [2.05, 4.69) is 0 Å². The summed E-state index contributed by atoms with van der Waals surface area (Å²) >= 11 is 0. The molecule has 0 aromatic carbocycles. The average Bonchev–Trinajstić information content (AvgIpc) is 3.12. The highest BCUT2D eigenvalue weighted by molar-refractivity contribution is 6.01. The molecule has 2 atom stereocenters. The molecule has 3 rings (SSSR count). The lowest BCUT2D eigenvalue weighted by molar-refractivity contribution is -0.151. The normalized spacial score (nSPS) is 27.8. The lowest BCUT2D eigenvalue weighted by atomic mass is 9.58. The number of allylic oxidation sites excluding steroid dienone is 5. The Morgan fingerprint density at radius 1 is 1.23 bits per heavy atom. The molecule has 1 aromatic heterocycles. The molecule has 2 aliphatic carbocycles. The number of carbonyl (C=O) groups excluding carboxylic acids is 3. The number of esters is 1. The maximum Gasteiger partial charge on any atom is 0.316 e. The number of rotatable bonds is 4. The molecule has 0 saturated heterocycles. The van der Waals surface area contributed by atoms with Crippen LogP contribution in [0.3, 0.4) is 0 Å². The summed E-state index contributed by atoms with van der Waals surface area (Å²) in [6.07, 6.45) is 8.50. The second kappa shape index (κ2) is 6.24. The molecule has 2 unspecified atom stereocenters. The molecule has 2 aliphatic rings. The molecule has 0 radical (unpaired) electrons. The number of ketones is 2. The van der Waals surface area contributed by atoms with Crippen molar-refractivity contribution in [2.75, 3.05) is 7.11 Å². The van der Waals surface area contributed by atoms with Crippen LogP contribution in [0, 0.1) is 10.8 Å². The van der Waals surface area contributed by atoms with Crippen LogP contribution in [0.4, 0.5) is 0 Å². The predicted molar refractivity (Wildman–Crippen MR) is 95.4 cm³/mol. The molecule has 5 heteroatoms. The summed E-state index contributed by atoms with van der Waals surface area (Å²) in [6, 6.07) is 1.63. The molecular formula is C21H22O5. The molecule has 0 amide bonds. The van der Waals surface area contributed by atoms with Gasteiger partial charge in [-0.2, -0.15) is 0 Å². The largest absolute Gasteiger partial charge is 0.472 e. The molecule has 1 aromatic rings. The number of fused-ring (bicyclic) bond motifs is 1. The predicted octanol–water partition coefficient (Wildman–Crippen LogP) is 3.82. The van der Waals surface area contributed by atoms with Crippen LogP contribution in [0.1, 0.15) is 44.0 Å². The Bertz CT molecular complexity index is 868. The second-order valence-electron chi connectivity index (χ2n) is 7.40. The molecule has 136 valence electrons. The van der Waals surface area contributed by atoms with Crippen molar-refractivity contribution in [1.29, 1.82) is 0 Å². The first-order valence-corrected chi connectivity index (χ1v) is 8.51. The van der Waals surface area contributed by atoms with Gasteiger partial charge in [0.2, 0.25) is 0 Å². The highest BCUT2D eigenvalue weighted by Gasteiger charge is 2.50. The molecular weight excluding hydrogens is 332 g/mol. The second-order valence-corrected chi connectivity index (χ2v) is 7.40. The Morgan fingerprint density at radius 2 is 1.96 bits per heavy atom. The molecule has 0 aliphatic heterocycles. The van der Waals surface area contributed by atoms with Gasteiger partial charge in [0.15, 0.2) is 11.6 Å². The van der Waals surface area contributed by atoms with Crippen molar-refractivity contribution < 1.29 is 23.5 Å². The van der Waals surface area contributed by atoms with Crippen LogP contribution < -0.4 is 0 Å². The molecule has 1 heterocycles. The third kappa shape index (κ3) is 2.68. The number of Topliss-reactive ketones (excluding diaryl/α,β-unsaturated/α-hetero) is 1. The average molecular weight is 354 g/mol. The zero-order valence-electron chi connectivity index (χ0n) is 15.4. The topological polar surface area (TPSA) is 73.6 Å². The summed E-state index contributed by atoms with van der Waals surface area (Å²) in [6.45, 7) is 5.60. The molecule has 0 saturated carbocycles. The first-order chi connectivity index (χ1) is 12.2. The Hall–Kier alpha value is -2.69. The summed E-state index contributed by atoms with van der Waals surface area (Å²) < 4.78 is 9.98. The molecule has 0 N–H and O–H groups in total. The van der Waals surface area contributed by atoms with Crippen LogP contribution in [0.2, 0.25) is 0 Å². The van der Waals surface area contributed by atoms with Gasteiger partial charge in [0.1, 0.15) is 6.26 Å². The van der Waals surface area contributed by atoms with Gasteiger partial charge in [-0.3, -0.25) is 14.4 Å². The standard InChI is InChI=1S/C21H22O5/c1-13-5-6-16-17(9-15(22)10-21(16,3)19(24)25-4)20(13,2)11-18(23)14-7-8-26-12-14/h5-9,12H,10-11H2,1-4H3. The number of hydrogen-bond donors (Lipinski definition) is 0. The van der Waals surface area contributed by atoms with Gasteiger partial charge in [-0.25, -0.2) is 0 Å². The minimum Gasteiger partial charge on any atom is -0.472 e. The van der Waals surface area contributed by atoms with Crippen LogP contribution in [0.5, 0.6) is 0 Å². The third-order valence-electron chi connectivity index (χ3n) is 5.68. The quantitative estimate of drug-likeness (QED) is 0.607. The van der Waals surface area contributed by atoms with Crippen molar-refractivity contribution >= 4 is 17.5 Å². The van der Waals surface area contributed by atoms with E-state index in [1.165, 1.54) is 19.6 Å². The molecule has 0 bridgehead atoms. The van der Waals surface area contributed by atoms with Gasteiger partial charge in [0, 0.05) is 18.3 Å². The summed E-state index contributed by atoms with van der Waals surface area (Å²) in [4.78, 5) is 37.6. The van der Waals surface area contributed by atoms with Crippen LogP contribution in [-0.4, -0.2) is 24.6 Å². The van der Waals surface area contributed by atoms with Gasteiger partial charge in [-0.15, -0.1) is 0 Å². The fourth-order valence-corrected chi connectivity index (χ4v) is 3.85. The van der Waals surface area contributed by atoms with Crippen molar-refractivity contribution in [2.45, 2.75) is 33.6 Å². The van der Waals surface area contributed by atoms with Gasteiger partial charge < -0.3 is 9.15 Å². The van der Waals surface area contributed by atoms with E-state index >= 15 is 0 Å². The number of methoxy groups -OCH3 is 1. The maximum atomic E-state index is 12.7. The SMILES string of the molecule is COC(=O)C1(C)CC(=O)C=C2C1=CC=C(C)C2(C)CC(=O)c1ccoc1. The number of hydrogen-bond acceptors (Lipinski definition) is 5. The lowest BCUT2D eigenvalue weighted by Crippen LogP contribution is -2.42. The van der Waals surface area contributed by atoms with E-state index in [9.17, 15) is 14.4 Å². The fourth-order valence-electron chi connectivity index (χ4n) is 3.85. The van der Waals surface area contributed by atoms with Gasteiger partial charge in [0.05, 0.1) is 24.4 Å². The van der Waals surface area contributed by atoms with E-state index < -0.39 is 16.8 Å². The zero-order chi connectivity index (χ0) is 19.1. The van der Waals surface area contributed by atoms with Gasteiger partial charge in [-0.05, 0) is 37.1 Å². The monoisotopic (exact) mass is 354 g/mol. The van der Waals surface area contributed by atoms with E-state index in [1.54, 1.807) is 19.1 Å². The third-order valence-corrected chi connectivity index (χ3v) is 5.68. The zero-order valence-corrected chi connectivity index (χ0v) is 15.4. The smallest absolute Gasteiger partial charge is 0.316 e. The lowest BCUT2D eigenvalue weighted by Gasteiger charge is -2.44. The van der Waals surface area contributed by atoms with E-state index in [0.717, 1.165) is 16.7 Å². The van der Waals surface area contributed by atoms with Crippen molar-refractivity contribution in [3.05, 3.63) is 59.1 Å². The van der Waals surface area contributed by atoms with Gasteiger partial charge in [-0.1, -0.05) is 24.6 Å². The number of ether oxygens (including phenoxy) is 1. The minimum atomic E-state index is -1.05. The number of furan rings is 1. The Labute approximate surface area is 152 Å². The fraction of sp³-hybridized carbons (Fsp3) is 0.381. The highest BCUT2D eigenvalue weighted by Crippen LogP contribution is 2.53. The van der Waals surface area contributed by atoms with Crippen LogP contribution in [-0.2, 0) is 14.3 Å². The van der Waals surface area contributed by atoms with E-state index in [-0.39, 0.29) is 24.4 Å². The van der Waals surface area contributed by atoms with E-state index in [0.29, 0.717) is 5.56 Å². The first-order valence-electron chi connectivity index (χ1n) is 8.51. The van der Waals surface area contributed by atoms with Crippen LogP contribution in [0.15, 0.2) is 58.0 Å². The highest BCUT2D eigenvalue weighted by atomic mass is 16.5. The van der Waals surface area contributed by atoms with E-state index in [4.69, 9.17) is 9.15 Å². The summed E-state index contributed by atoms with van der Waals surface area (Å²) in [5, 5.41) is 0. The van der Waals surface area contributed by atoms with Crippen LogP contribution >= 0.6 is 0 Å². The summed E-state index contributed by atoms with van der Waals surface area (Å²) in [5.41, 5.74) is 1.20. The maximum absolute atomic E-state index is 12.7. The Balaban J connectivity index is 2.07. The molecule has 0 spiro atoms. The van der Waals surface area contributed by atoms with E-state index in [1.807, 2.05) is 26.0 Å². The van der Waals surface area contributed by atoms with Gasteiger partial charge >= 0.3 is 5.97 Å². The first kappa shape index (κ1) is 18.1. The van der Waals surface area contributed by atoms with Crippen molar-refractivity contribution in [3.63, 3.8) is 0 Å². The number of carbonyl (C=O) groups is 3. The van der Waals surface area contributed by atoms with Crippen molar-refractivity contribution in [1.82, 2.24) is 0 Å². The molecule has 0 fully saturated rings. The summed E-state index contributed by atoms with van der Waals surface area (Å²) in [7, 11) is 1.32. The van der Waals surface area contributed by atoms with Gasteiger partial charge in [0.25, 0.3) is 0 Å².